The summed E-state index contributed by atoms with van der Waals surface area (Å²) < 4.78 is 0. The summed E-state index contributed by atoms with van der Waals surface area (Å²) in [6.07, 6.45) is -1.76. The van der Waals surface area contributed by atoms with Crippen molar-refractivity contribution in [2.24, 2.45) is 0 Å². The molecule has 5 heteroatoms. The lowest BCUT2D eigenvalue weighted by atomic mass is 10.1. The third-order valence-corrected chi connectivity index (χ3v) is 1.61. The molecule has 70 valence electrons. The summed E-state index contributed by atoms with van der Waals surface area (Å²) in [5.41, 5.74) is -0.112. The van der Waals surface area contributed by atoms with Crippen molar-refractivity contribution >= 4 is 5.97 Å². The maximum atomic E-state index is 11.1. The molecule has 0 aromatic carbocycles. The van der Waals surface area contributed by atoms with Gasteiger partial charge in [-0.25, -0.2) is 4.79 Å². The van der Waals surface area contributed by atoms with E-state index in [4.69, 9.17) is 10.2 Å². The number of carboxylic acids is 1. The Balaban J connectivity index is 3.16. The van der Waals surface area contributed by atoms with Crippen LogP contribution in [0, 0.1) is 6.92 Å². The van der Waals surface area contributed by atoms with Gasteiger partial charge in [0.25, 0.3) is 5.56 Å². The summed E-state index contributed by atoms with van der Waals surface area (Å²) in [7, 11) is 0. The van der Waals surface area contributed by atoms with Crippen LogP contribution in [0.15, 0.2) is 16.9 Å². The minimum Gasteiger partial charge on any atom is -0.479 e. The van der Waals surface area contributed by atoms with E-state index in [0.29, 0.717) is 5.69 Å². The van der Waals surface area contributed by atoms with Crippen LogP contribution >= 0.6 is 0 Å². The van der Waals surface area contributed by atoms with Gasteiger partial charge in [0.05, 0.1) is 5.56 Å². The normalized spacial score (nSPS) is 12.5. The number of carbonyl (C=O) groups is 1. The summed E-state index contributed by atoms with van der Waals surface area (Å²) in [4.78, 5) is 23.8. The van der Waals surface area contributed by atoms with Crippen LogP contribution in [0.25, 0.3) is 0 Å². The number of pyridine rings is 1. The first kappa shape index (κ1) is 9.47. The lowest BCUT2D eigenvalue weighted by molar-refractivity contribution is -0.147. The van der Waals surface area contributed by atoms with Crippen molar-refractivity contribution in [1.29, 1.82) is 0 Å². The summed E-state index contributed by atoms with van der Waals surface area (Å²) in [5, 5.41) is 17.5. The van der Waals surface area contributed by atoms with Crippen LogP contribution in [0.2, 0.25) is 0 Å². The number of aliphatic carboxylic acids is 1. The Kier molecular flexibility index (Phi) is 2.48. The molecule has 1 heterocycles. The smallest absolute Gasteiger partial charge is 0.337 e. The Morgan fingerprint density at radius 1 is 1.54 bits per heavy atom. The number of aromatic amines is 1. The number of aromatic nitrogens is 1. The quantitative estimate of drug-likeness (QED) is 0.592. The van der Waals surface area contributed by atoms with Gasteiger partial charge in [-0.15, -0.1) is 0 Å². The number of carboxylic acid groups (broad SMARTS) is 1. The molecule has 0 saturated heterocycles. The van der Waals surface area contributed by atoms with Gasteiger partial charge in [0, 0.05) is 5.69 Å². The molecule has 1 atom stereocenters. The number of rotatable bonds is 2. The Morgan fingerprint density at radius 3 is 2.62 bits per heavy atom. The monoisotopic (exact) mass is 183 g/mol. The fraction of sp³-hybridized carbons (Fsp3) is 0.250. The summed E-state index contributed by atoms with van der Waals surface area (Å²) >= 11 is 0. The lowest BCUT2D eigenvalue weighted by Crippen LogP contribution is -2.21. The standard InChI is InChI=1S/C8H9NO4/c1-4-2-3-5(7(11)9-4)6(10)8(12)13/h2-3,6,10H,1H3,(H,9,11)(H,12,13). The second-order valence-electron chi connectivity index (χ2n) is 2.67. The minimum absolute atomic E-state index is 0.155. The number of aryl methyl sites for hydroxylation is 1. The zero-order chi connectivity index (χ0) is 10.0. The zero-order valence-corrected chi connectivity index (χ0v) is 6.94. The molecule has 5 nitrogen and oxygen atoms in total. The van der Waals surface area contributed by atoms with E-state index >= 15 is 0 Å². The van der Waals surface area contributed by atoms with Gasteiger partial charge in [-0.2, -0.15) is 0 Å². The van der Waals surface area contributed by atoms with Crippen molar-refractivity contribution in [2.75, 3.05) is 0 Å². The van der Waals surface area contributed by atoms with E-state index in [1.807, 2.05) is 0 Å². The Bertz CT molecular complexity index is 382. The van der Waals surface area contributed by atoms with Crippen molar-refractivity contribution < 1.29 is 15.0 Å². The van der Waals surface area contributed by atoms with Gasteiger partial charge in [-0.3, -0.25) is 4.79 Å². The summed E-state index contributed by atoms with van der Waals surface area (Å²) in [6, 6.07) is 2.83. The number of H-pyrrole nitrogens is 1. The molecular formula is C8H9NO4. The molecule has 13 heavy (non-hydrogen) atoms. The molecule has 0 fully saturated rings. The topological polar surface area (TPSA) is 90.4 Å². The second kappa shape index (κ2) is 3.40. The first-order valence-electron chi connectivity index (χ1n) is 3.63. The SMILES string of the molecule is Cc1ccc(C(O)C(=O)O)c(=O)[nH]1. The molecule has 0 saturated carbocycles. The van der Waals surface area contributed by atoms with E-state index in [-0.39, 0.29) is 5.56 Å². The number of hydrogen-bond acceptors (Lipinski definition) is 3. The van der Waals surface area contributed by atoms with E-state index in [2.05, 4.69) is 4.98 Å². The number of aliphatic hydroxyl groups is 1. The molecule has 0 amide bonds. The van der Waals surface area contributed by atoms with Crippen molar-refractivity contribution in [3.8, 4) is 0 Å². The highest BCUT2D eigenvalue weighted by Gasteiger charge is 2.18. The molecule has 3 N–H and O–H groups in total. The van der Waals surface area contributed by atoms with Gasteiger partial charge in [0.2, 0.25) is 0 Å². The van der Waals surface area contributed by atoms with Crippen molar-refractivity contribution in [3.05, 3.63) is 33.7 Å². The number of nitrogens with one attached hydrogen (secondary N) is 1. The van der Waals surface area contributed by atoms with Crippen LogP contribution < -0.4 is 5.56 Å². The van der Waals surface area contributed by atoms with Crippen LogP contribution in [0.3, 0.4) is 0 Å². The molecule has 0 aliphatic carbocycles. The fourth-order valence-electron chi connectivity index (χ4n) is 0.932. The maximum Gasteiger partial charge on any atom is 0.337 e. The molecule has 1 unspecified atom stereocenters. The van der Waals surface area contributed by atoms with Crippen LogP contribution in [0.4, 0.5) is 0 Å². The van der Waals surface area contributed by atoms with Gasteiger partial charge < -0.3 is 15.2 Å². The number of aliphatic hydroxyl groups excluding tert-OH is 1. The van der Waals surface area contributed by atoms with Crippen LogP contribution in [0.5, 0.6) is 0 Å². The molecule has 1 rings (SSSR count). The van der Waals surface area contributed by atoms with E-state index < -0.39 is 17.6 Å². The summed E-state index contributed by atoms with van der Waals surface area (Å²) in [5.74, 6) is -1.44. The van der Waals surface area contributed by atoms with Gasteiger partial charge in [-0.1, -0.05) is 0 Å². The lowest BCUT2D eigenvalue weighted by Gasteiger charge is -2.03. The number of hydrogen-bond donors (Lipinski definition) is 3. The van der Waals surface area contributed by atoms with E-state index in [1.54, 1.807) is 6.92 Å². The average Bonchev–Trinajstić information content (AvgIpc) is 2.03. The minimum atomic E-state index is -1.76. The van der Waals surface area contributed by atoms with Crippen molar-refractivity contribution in [3.63, 3.8) is 0 Å². The molecule has 0 aliphatic rings. The van der Waals surface area contributed by atoms with Crippen molar-refractivity contribution in [2.45, 2.75) is 13.0 Å². The molecule has 0 spiro atoms. The first-order chi connectivity index (χ1) is 6.02. The van der Waals surface area contributed by atoms with Gasteiger partial charge in [-0.05, 0) is 19.1 Å². The highest BCUT2D eigenvalue weighted by atomic mass is 16.4. The second-order valence-corrected chi connectivity index (χ2v) is 2.67. The van der Waals surface area contributed by atoms with Gasteiger partial charge in [0.1, 0.15) is 0 Å². The Hall–Kier alpha value is -1.62. The van der Waals surface area contributed by atoms with Crippen LogP contribution in [0.1, 0.15) is 17.4 Å². The third-order valence-electron chi connectivity index (χ3n) is 1.61. The van der Waals surface area contributed by atoms with Crippen LogP contribution in [-0.4, -0.2) is 21.2 Å². The molecule has 1 aromatic heterocycles. The van der Waals surface area contributed by atoms with E-state index in [1.165, 1.54) is 12.1 Å². The molecule has 0 radical (unpaired) electrons. The maximum absolute atomic E-state index is 11.1. The highest BCUT2D eigenvalue weighted by Crippen LogP contribution is 2.06. The Morgan fingerprint density at radius 2 is 2.15 bits per heavy atom. The fourth-order valence-corrected chi connectivity index (χ4v) is 0.932. The molecular weight excluding hydrogens is 174 g/mol. The third kappa shape index (κ3) is 1.94. The summed E-state index contributed by atoms with van der Waals surface area (Å²) in [6.45, 7) is 1.67. The van der Waals surface area contributed by atoms with Crippen molar-refractivity contribution in [1.82, 2.24) is 4.98 Å². The van der Waals surface area contributed by atoms with Gasteiger partial charge in [0.15, 0.2) is 6.10 Å². The zero-order valence-electron chi connectivity index (χ0n) is 6.94. The van der Waals surface area contributed by atoms with E-state index in [9.17, 15) is 9.59 Å². The predicted octanol–water partition coefficient (Wildman–Crippen LogP) is -0.199. The first-order valence-corrected chi connectivity index (χ1v) is 3.63. The average molecular weight is 183 g/mol. The van der Waals surface area contributed by atoms with Crippen LogP contribution in [-0.2, 0) is 4.79 Å². The molecule has 1 aromatic rings. The highest BCUT2D eigenvalue weighted by molar-refractivity contribution is 5.73. The van der Waals surface area contributed by atoms with E-state index in [0.717, 1.165) is 0 Å². The largest absolute Gasteiger partial charge is 0.479 e. The molecule has 0 aliphatic heterocycles. The predicted molar refractivity (Wildman–Crippen MR) is 44.4 cm³/mol. The molecule has 0 bridgehead atoms. The Labute approximate surface area is 73.7 Å². The van der Waals surface area contributed by atoms with Gasteiger partial charge >= 0.3 is 5.97 Å².